The van der Waals surface area contributed by atoms with E-state index in [2.05, 4.69) is 5.32 Å². The van der Waals surface area contributed by atoms with Gasteiger partial charge in [-0.25, -0.2) is 16.8 Å². The van der Waals surface area contributed by atoms with Crippen LogP contribution in [0.4, 0.5) is 0 Å². The predicted octanol–water partition coefficient (Wildman–Crippen LogP) is 2.58. The number of sulfonamides is 2. The number of hydrogen-bond acceptors (Lipinski definition) is 6. The number of amides is 1. The van der Waals surface area contributed by atoms with Gasteiger partial charge in [-0.2, -0.15) is 8.61 Å². The van der Waals surface area contributed by atoms with Gasteiger partial charge in [0.25, 0.3) is 0 Å². The second-order valence-corrected chi connectivity index (χ2v) is 13.5. The summed E-state index contributed by atoms with van der Waals surface area (Å²) in [4.78, 5) is 13.4. The van der Waals surface area contributed by atoms with Crippen molar-refractivity contribution in [2.75, 3.05) is 39.4 Å². The van der Waals surface area contributed by atoms with Crippen molar-refractivity contribution >= 4 is 36.7 Å². The number of benzene rings is 3. The van der Waals surface area contributed by atoms with Crippen LogP contribution in [0.15, 0.2) is 76.5 Å². The summed E-state index contributed by atoms with van der Waals surface area (Å²) in [5.41, 5.74) is 0.760. The first-order valence-corrected chi connectivity index (χ1v) is 15.6. The normalized spacial score (nSPS) is 19.8. The zero-order chi connectivity index (χ0) is 26.8. The number of carbonyl (C=O) groups is 1. The highest BCUT2D eigenvalue weighted by molar-refractivity contribution is 7.89. The molecule has 38 heavy (non-hydrogen) atoms. The average Bonchev–Trinajstić information content (AvgIpc) is 2.96. The van der Waals surface area contributed by atoms with Crippen LogP contribution in [0, 0.1) is 5.92 Å². The number of piperidine rings is 1. The van der Waals surface area contributed by atoms with Crippen LogP contribution in [-0.2, 0) is 36.1 Å². The first-order valence-electron chi connectivity index (χ1n) is 12.7. The van der Waals surface area contributed by atoms with Gasteiger partial charge in [0.05, 0.1) is 28.9 Å². The summed E-state index contributed by atoms with van der Waals surface area (Å²) in [6.07, 6.45) is 1.20. The van der Waals surface area contributed by atoms with Gasteiger partial charge in [-0.3, -0.25) is 4.79 Å². The van der Waals surface area contributed by atoms with Crippen molar-refractivity contribution in [3.63, 3.8) is 0 Å². The highest BCUT2D eigenvalue weighted by Crippen LogP contribution is 2.26. The van der Waals surface area contributed by atoms with Crippen molar-refractivity contribution in [2.24, 2.45) is 5.92 Å². The van der Waals surface area contributed by atoms with Crippen molar-refractivity contribution in [1.82, 2.24) is 13.9 Å². The van der Waals surface area contributed by atoms with Gasteiger partial charge < -0.3 is 10.1 Å². The first-order chi connectivity index (χ1) is 18.2. The van der Waals surface area contributed by atoms with Crippen LogP contribution in [0.5, 0.6) is 0 Å². The number of fused-ring (bicyclic) bond motifs is 1. The molecule has 1 amide bonds. The monoisotopic (exact) mass is 557 g/mol. The lowest BCUT2D eigenvalue weighted by atomic mass is 9.99. The summed E-state index contributed by atoms with van der Waals surface area (Å²) in [6, 6.07) is 19.2. The van der Waals surface area contributed by atoms with E-state index in [0.717, 1.165) is 16.3 Å². The fraction of sp³-hybridized carbons (Fsp3) is 0.370. The van der Waals surface area contributed by atoms with E-state index in [1.54, 1.807) is 42.5 Å². The van der Waals surface area contributed by atoms with Crippen LogP contribution in [0.1, 0.15) is 18.4 Å². The Morgan fingerprint density at radius 1 is 0.816 bits per heavy atom. The van der Waals surface area contributed by atoms with Crippen molar-refractivity contribution in [1.29, 1.82) is 0 Å². The van der Waals surface area contributed by atoms with Gasteiger partial charge in [-0.05, 0) is 53.4 Å². The third-order valence-corrected chi connectivity index (χ3v) is 10.9. The quantitative estimate of drug-likeness (QED) is 0.478. The Kier molecular flexibility index (Phi) is 7.83. The van der Waals surface area contributed by atoms with Crippen LogP contribution in [-0.4, -0.2) is 70.7 Å². The summed E-state index contributed by atoms with van der Waals surface area (Å²) in [7, 11) is -7.31. The lowest BCUT2D eigenvalue weighted by molar-refractivity contribution is -0.126. The predicted molar refractivity (Wildman–Crippen MR) is 143 cm³/mol. The van der Waals surface area contributed by atoms with Crippen LogP contribution < -0.4 is 5.32 Å². The number of nitrogens with zero attached hydrogens (tertiary/aromatic N) is 2. The van der Waals surface area contributed by atoms with Gasteiger partial charge in [-0.1, -0.05) is 42.5 Å². The van der Waals surface area contributed by atoms with Gasteiger partial charge in [0.15, 0.2) is 0 Å². The standard InChI is InChI=1S/C27H31N3O6S2/c31-27(28-19-21-7-10-25(11-8-21)37(32,33)29-14-16-36-17-15-29)24-6-3-13-30(20-24)38(34,35)26-12-9-22-4-1-2-5-23(22)18-26/h1-2,4-5,7-12,18,24H,3,6,13-17,19-20H2,(H,28,31). The van der Waals surface area contributed by atoms with Gasteiger partial charge >= 0.3 is 0 Å². The molecule has 3 aromatic carbocycles. The Bertz CT molecular complexity index is 1520. The van der Waals surface area contributed by atoms with Gasteiger partial charge in [0, 0.05) is 32.7 Å². The maximum atomic E-state index is 13.3. The number of nitrogens with one attached hydrogen (secondary N) is 1. The van der Waals surface area contributed by atoms with E-state index in [-0.39, 0.29) is 28.8 Å². The molecule has 0 aromatic heterocycles. The highest BCUT2D eigenvalue weighted by atomic mass is 32.2. The average molecular weight is 558 g/mol. The molecular formula is C27H31N3O6S2. The molecular weight excluding hydrogens is 526 g/mol. The van der Waals surface area contributed by atoms with E-state index in [4.69, 9.17) is 4.74 Å². The molecule has 0 radical (unpaired) electrons. The van der Waals surface area contributed by atoms with E-state index in [0.29, 0.717) is 45.7 Å². The summed E-state index contributed by atoms with van der Waals surface area (Å²) in [5, 5.41) is 4.71. The Morgan fingerprint density at radius 2 is 1.47 bits per heavy atom. The van der Waals surface area contributed by atoms with Crippen molar-refractivity contribution in [2.45, 2.75) is 29.2 Å². The number of ether oxygens (including phenoxy) is 1. The molecule has 3 aromatic rings. The van der Waals surface area contributed by atoms with E-state index in [9.17, 15) is 21.6 Å². The highest BCUT2D eigenvalue weighted by Gasteiger charge is 2.33. The molecule has 2 aliphatic rings. The largest absolute Gasteiger partial charge is 0.379 e. The number of rotatable bonds is 7. The molecule has 9 nitrogen and oxygen atoms in total. The van der Waals surface area contributed by atoms with Crippen molar-refractivity contribution < 1.29 is 26.4 Å². The van der Waals surface area contributed by atoms with Crippen LogP contribution >= 0.6 is 0 Å². The third kappa shape index (κ3) is 5.62. The summed E-state index contributed by atoms with van der Waals surface area (Å²) < 4.78 is 60.3. The molecule has 1 atom stereocenters. The molecule has 202 valence electrons. The maximum Gasteiger partial charge on any atom is 0.243 e. The number of morpholine rings is 1. The zero-order valence-electron chi connectivity index (χ0n) is 21.0. The minimum Gasteiger partial charge on any atom is -0.379 e. The molecule has 0 saturated carbocycles. The second-order valence-electron chi connectivity index (χ2n) is 9.59. The maximum absolute atomic E-state index is 13.3. The first kappa shape index (κ1) is 26.8. The Hall–Kier alpha value is -2.83. The third-order valence-electron chi connectivity index (χ3n) is 7.11. The van der Waals surface area contributed by atoms with Gasteiger partial charge in [0.2, 0.25) is 26.0 Å². The SMILES string of the molecule is O=C(NCc1ccc(S(=O)(=O)N2CCOCC2)cc1)C1CCCN(S(=O)(=O)c2ccc3ccccc3c2)C1. The molecule has 0 bridgehead atoms. The van der Waals surface area contributed by atoms with E-state index < -0.39 is 26.0 Å². The Labute approximate surface area is 223 Å². The molecule has 0 spiro atoms. The molecule has 2 aliphatic heterocycles. The number of carbonyl (C=O) groups excluding carboxylic acids is 1. The molecule has 1 unspecified atom stereocenters. The summed E-state index contributed by atoms with van der Waals surface area (Å²) in [6.45, 7) is 2.14. The summed E-state index contributed by atoms with van der Waals surface area (Å²) in [5.74, 6) is -0.673. The lowest BCUT2D eigenvalue weighted by Gasteiger charge is -2.31. The lowest BCUT2D eigenvalue weighted by Crippen LogP contribution is -2.45. The molecule has 1 N–H and O–H groups in total. The van der Waals surface area contributed by atoms with Crippen LogP contribution in [0.3, 0.4) is 0 Å². The molecule has 0 aliphatic carbocycles. The second kappa shape index (κ2) is 11.1. The fourth-order valence-electron chi connectivity index (χ4n) is 4.90. The molecule has 2 fully saturated rings. The minimum atomic E-state index is -3.73. The van der Waals surface area contributed by atoms with E-state index in [1.807, 2.05) is 24.3 Å². The smallest absolute Gasteiger partial charge is 0.243 e. The van der Waals surface area contributed by atoms with Gasteiger partial charge in [0.1, 0.15) is 0 Å². The molecule has 11 heteroatoms. The van der Waals surface area contributed by atoms with E-state index >= 15 is 0 Å². The Morgan fingerprint density at radius 3 is 2.21 bits per heavy atom. The van der Waals surface area contributed by atoms with Crippen molar-refractivity contribution in [3.8, 4) is 0 Å². The fourth-order valence-corrected chi connectivity index (χ4v) is 7.87. The van der Waals surface area contributed by atoms with Crippen LogP contribution in [0.25, 0.3) is 10.8 Å². The molecule has 2 saturated heterocycles. The Balaban J connectivity index is 1.20. The van der Waals surface area contributed by atoms with Gasteiger partial charge in [-0.15, -0.1) is 0 Å². The minimum absolute atomic E-state index is 0.123. The van der Waals surface area contributed by atoms with Crippen LogP contribution in [0.2, 0.25) is 0 Å². The zero-order valence-corrected chi connectivity index (χ0v) is 22.6. The summed E-state index contributed by atoms with van der Waals surface area (Å²) >= 11 is 0. The number of hydrogen-bond donors (Lipinski definition) is 1. The molecule has 5 rings (SSSR count). The van der Waals surface area contributed by atoms with E-state index in [1.165, 1.54) is 8.61 Å². The molecule has 2 heterocycles. The topological polar surface area (TPSA) is 113 Å². The van der Waals surface area contributed by atoms with Crippen molar-refractivity contribution in [3.05, 3.63) is 72.3 Å².